The molecule has 2 aliphatic rings. The van der Waals surface area contributed by atoms with Gasteiger partial charge in [0.25, 0.3) is 0 Å². The molecule has 8 heteroatoms. The van der Waals surface area contributed by atoms with Crippen LogP contribution in [0.2, 0.25) is 0 Å². The average molecular weight is 563 g/mol. The molecule has 0 spiro atoms. The van der Waals surface area contributed by atoms with E-state index >= 15 is 0 Å². The fourth-order valence-corrected chi connectivity index (χ4v) is 4.68. The van der Waals surface area contributed by atoms with Crippen LogP contribution in [-0.4, -0.2) is 76.6 Å². The van der Waals surface area contributed by atoms with Gasteiger partial charge in [-0.15, -0.1) is 24.0 Å². The number of rotatable bonds is 8. The van der Waals surface area contributed by atoms with Gasteiger partial charge >= 0.3 is 0 Å². The third-order valence-corrected chi connectivity index (χ3v) is 6.52. The van der Waals surface area contributed by atoms with Crippen molar-refractivity contribution in [2.75, 3.05) is 59.7 Å². The van der Waals surface area contributed by atoms with E-state index < -0.39 is 0 Å². The van der Waals surface area contributed by atoms with Crippen molar-refractivity contribution < 1.29 is 13.9 Å². The molecule has 0 saturated carbocycles. The molecule has 0 radical (unpaired) electrons. The first-order chi connectivity index (χ1) is 15.0. The quantitative estimate of drug-likeness (QED) is 0.289. The van der Waals surface area contributed by atoms with E-state index in [4.69, 9.17) is 9.47 Å². The van der Waals surface area contributed by atoms with Gasteiger partial charge in [-0.1, -0.05) is 26.0 Å². The Morgan fingerprint density at radius 2 is 1.81 bits per heavy atom. The average Bonchev–Trinajstić information content (AvgIpc) is 2.79. The van der Waals surface area contributed by atoms with E-state index in [1.165, 1.54) is 6.07 Å². The van der Waals surface area contributed by atoms with Crippen LogP contribution < -0.4 is 10.6 Å². The van der Waals surface area contributed by atoms with E-state index in [0.29, 0.717) is 31.7 Å². The SMILES string of the molecule is CN=C(NCC(CC(C)C)N1CCOCC1)NCC1(c2cccc(F)c2)CCOCC1.I. The van der Waals surface area contributed by atoms with Crippen LogP contribution in [0.25, 0.3) is 0 Å². The molecule has 2 aliphatic heterocycles. The number of ether oxygens (including phenoxy) is 2. The van der Waals surface area contributed by atoms with Gasteiger partial charge in [-0.3, -0.25) is 9.89 Å². The number of morpholine rings is 1. The summed E-state index contributed by atoms with van der Waals surface area (Å²) in [5, 5.41) is 7.07. The summed E-state index contributed by atoms with van der Waals surface area (Å²) in [5.74, 6) is 1.24. The number of hydrogen-bond acceptors (Lipinski definition) is 4. The third kappa shape index (κ3) is 7.81. The van der Waals surface area contributed by atoms with Gasteiger partial charge in [-0.2, -0.15) is 0 Å². The number of aliphatic imine (C=N–C) groups is 1. The van der Waals surface area contributed by atoms with Gasteiger partial charge in [0, 0.05) is 57.9 Å². The van der Waals surface area contributed by atoms with Crippen LogP contribution in [0, 0.1) is 11.7 Å². The van der Waals surface area contributed by atoms with E-state index in [0.717, 1.165) is 63.6 Å². The number of benzene rings is 1. The van der Waals surface area contributed by atoms with Gasteiger partial charge in [0.15, 0.2) is 5.96 Å². The summed E-state index contributed by atoms with van der Waals surface area (Å²) in [6.45, 7) is 11.0. The molecular weight excluding hydrogens is 522 g/mol. The van der Waals surface area contributed by atoms with E-state index in [9.17, 15) is 4.39 Å². The summed E-state index contributed by atoms with van der Waals surface area (Å²) in [7, 11) is 1.81. The summed E-state index contributed by atoms with van der Waals surface area (Å²) in [4.78, 5) is 6.98. The highest BCUT2D eigenvalue weighted by Gasteiger charge is 2.35. The summed E-state index contributed by atoms with van der Waals surface area (Å²) < 4.78 is 25.1. The highest BCUT2D eigenvalue weighted by Crippen LogP contribution is 2.34. The Morgan fingerprint density at radius 3 is 2.44 bits per heavy atom. The Bertz CT molecular complexity index is 707. The minimum atomic E-state index is -0.187. The van der Waals surface area contributed by atoms with Crippen molar-refractivity contribution in [3.63, 3.8) is 0 Å². The highest BCUT2D eigenvalue weighted by molar-refractivity contribution is 14.0. The molecule has 1 aromatic carbocycles. The zero-order valence-corrected chi connectivity index (χ0v) is 22.1. The van der Waals surface area contributed by atoms with Crippen LogP contribution in [0.4, 0.5) is 4.39 Å². The molecule has 3 rings (SSSR count). The van der Waals surface area contributed by atoms with Crippen molar-refractivity contribution in [1.82, 2.24) is 15.5 Å². The van der Waals surface area contributed by atoms with E-state index in [2.05, 4.69) is 34.4 Å². The largest absolute Gasteiger partial charge is 0.381 e. The van der Waals surface area contributed by atoms with Gasteiger partial charge < -0.3 is 20.1 Å². The minimum absolute atomic E-state index is 0. The first-order valence-corrected chi connectivity index (χ1v) is 11.6. The molecule has 2 heterocycles. The Morgan fingerprint density at radius 1 is 1.12 bits per heavy atom. The maximum atomic E-state index is 13.9. The first kappa shape index (κ1) is 27.3. The molecule has 2 N–H and O–H groups in total. The molecule has 182 valence electrons. The first-order valence-electron chi connectivity index (χ1n) is 11.6. The Labute approximate surface area is 209 Å². The minimum Gasteiger partial charge on any atom is -0.381 e. The van der Waals surface area contributed by atoms with E-state index in [1.54, 1.807) is 19.2 Å². The lowest BCUT2D eigenvalue weighted by Crippen LogP contribution is -2.52. The maximum Gasteiger partial charge on any atom is 0.191 e. The van der Waals surface area contributed by atoms with E-state index in [1.807, 2.05) is 6.07 Å². The maximum absolute atomic E-state index is 13.9. The van der Waals surface area contributed by atoms with Crippen molar-refractivity contribution in [1.29, 1.82) is 0 Å². The zero-order valence-electron chi connectivity index (χ0n) is 19.7. The molecule has 0 bridgehead atoms. The second-order valence-electron chi connectivity index (χ2n) is 9.14. The molecule has 2 saturated heterocycles. The van der Waals surface area contributed by atoms with Gasteiger partial charge in [-0.05, 0) is 42.9 Å². The zero-order chi connectivity index (χ0) is 22.1. The summed E-state index contributed by atoms with van der Waals surface area (Å²) in [6, 6.07) is 7.45. The van der Waals surface area contributed by atoms with Crippen molar-refractivity contribution >= 4 is 29.9 Å². The van der Waals surface area contributed by atoms with Crippen LogP contribution in [-0.2, 0) is 14.9 Å². The third-order valence-electron chi connectivity index (χ3n) is 6.52. The van der Waals surface area contributed by atoms with Crippen molar-refractivity contribution in [3.05, 3.63) is 35.6 Å². The van der Waals surface area contributed by atoms with Gasteiger partial charge in [0.2, 0.25) is 0 Å². The van der Waals surface area contributed by atoms with Crippen LogP contribution in [0.3, 0.4) is 0 Å². The molecule has 1 unspecified atom stereocenters. The van der Waals surface area contributed by atoms with Crippen molar-refractivity contribution in [3.8, 4) is 0 Å². The predicted molar refractivity (Wildman–Crippen MR) is 139 cm³/mol. The lowest BCUT2D eigenvalue weighted by atomic mass is 9.74. The molecule has 6 nitrogen and oxygen atoms in total. The normalized spacial score (nSPS) is 20.5. The van der Waals surface area contributed by atoms with Crippen molar-refractivity contribution in [2.45, 2.75) is 44.6 Å². The van der Waals surface area contributed by atoms with Gasteiger partial charge in [0.1, 0.15) is 5.82 Å². The molecule has 1 atom stereocenters. The summed E-state index contributed by atoms with van der Waals surface area (Å²) in [6.07, 6.45) is 2.86. The van der Waals surface area contributed by atoms with Crippen LogP contribution in [0.1, 0.15) is 38.7 Å². The van der Waals surface area contributed by atoms with E-state index in [-0.39, 0.29) is 35.2 Å². The molecule has 32 heavy (non-hydrogen) atoms. The van der Waals surface area contributed by atoms with Crippen molar-refractivity contribution in [2.24, 2.45) is 10.9 Å². The second kappa shape index (κ2) is 13.7. The van der Waals surface area contributed by atoms with Crippen LogP contribution >= 0.6 is 24.0 Å². The molecule has 2 fully saturated rings. The van der Waals surface area contributed by atoms with Crippen LogP contribution in [0.5, 0.6) is 0 Å². The number of hydrogen-bond donors (Lipinski definition) is 2. The Hall–Kier alpha value is -0.970. The number of halogens is 2. The lowest BCUT2D eigenvalue weighted by Gasteiger charge is -2.39. The highest BCUT2D eigenvalue weighted by atomic mass is 127. The number of nitrogens with one attached hydrogen (secondary N) is 2. The molecule has 0 aliphatic carbocycles. The lowest BCUT2D eigenvalue weighted by molar-refractivity contribution is 0.0132. The molecule has 1 aromatic rings. The molecule has 0 amide bonds. The van der Waals surface area contributed by atoms with Crippen LogP contribution in [0.15, 0.2) is 29.3 Å². The molecular formula is C24H40FIN4O2. The second-order valence-corrected chi connectivity index (χ2v) is 9.14. The predicted octanol–water partition coefficient (Wildman–Crippen LogP) is 3.40. The Balaban J connectivity index is 0.00000363. The number of guanidine groups is 1. The summed E-state index contributed by atoms with van der Waals surface area (Å²) >= 11 is 0. The fourth-order valence-electron chi connectivity index (χ4n) is 4.68. The van der Waals surface area contributed by atoms with Gasteiger partial charge in [-0.25, -0.2) is 4.39 Å². The number of nitrogens with zero attached hydrogens (tertiary/aromatic N) is 2. The Kier molecular flexibility index (Phi) is 11.7. The molecule has 0 aromatic heterocycles. The van der Waals surface area contributed by atoms with Gasteiger partial charge in [0.05, 0.1) is 13.2 Å². The topological polar surface area (TPSA) is 58.1 Å². The fraction of sp³-hybridized carbons (Fsp3) is 0.708. The summed E-state index contributed by atoms with van der Waals surface area (Å²) in [5.41, 5.74) is 0.879. The smallest absolute Gasteiger partial charge is 0.191 e. The monoisotopic (exact) mass is 562 g/mol. The standard InChI is InChI=1S/C24H39FN4O2.HI/c1-19(2)15-22(29-9-13-31-14-10-29)17-27-23(26-3)28-18-24(7-11-30-12-8-24)20-5-4-6-21(25)16-20;/h4-6,16,19,22H,7-15,17-18H2,1-3H3,(H2,26,27,28);1H.